The number of hydrogen-bond donors (Lipinski definition) is 2. The highest BCUT2D eigenvalue weighted by Crippen LogP contribution is 2.43. The van der Waals surface area contributed by atoms with Crippen molar-refractivity contribution in [1.82, 2.24) is 4.90 Å². The molecular weight excluding hydrogens is 368 g/mol. The number of primary amides is 1. The average molecular weight is 394 g/mol. The molecule has 1 fully saturated rings. The highest BCUT2D eigenvalue weighted by Gasteiger charge is 2.37. The number of ether oxygens (including phenoxy) is 2. The Balaban J connectivity index is 1.29. The number of carbonyl (C=O) groups is 1. The molecule has 2 atom stereocenters. The summed E-state index contributed by atoms with van der Waals surface area (Å²) in [6.45, 7) is 3.05. The predicted octanol–water partition coefficient (Wildman–Crippen LogP) is 2.39. The molecule has 29 heavy (non-hydrogen) atoms. The van der Waals surface area contributed by atoms with Gasteiger partial charge < -0.3 is 20.3 Å². The number of hydrogen-bond acceptors (Lipinski definition) is 5. The van der Waals surface area contributed by atoms with Crippen LogP contribution in [-0.4, -0.2) is 48.3 Å². The maximum atomic E-state index is 11.5. The van der Waals surface area contributed by atoms with Gasteiger partial charge in [0.1, 0.15) is 13.2 Å². The second-order valence-electron chi connectivity index (χ2n) is 8.18. The largest absolute Gasteiger partial charge is 0.486 e. The van der Waals surface area contributed by atoms with Crippen LogP contribution < -0.4 is 15.2 Å². The lowest BCUT2D eigenvalue weighted by atomic mass is 9.87. The molecule has 0 aromatic heterocycles. The number of nitrogens with zero attached hydrogens (tertiary/aromatic N) is 1. The Kier molecular flexibility index (Phi) is 4.68. The molecule has 0 bridgehead atoms. The molecule has 3 N–H and O–H groups in total. The average Bonchev–Trinajstić information content (AvgIpc) is 3.09. The lowest BCUT2D eigenvalue weighted by molar-refractivity contribution is 0.0454. The van der Waals surface area contributed by atoms with Crippen molar-refractivity contribution in [3.8, 4) is 11.5 Å². The summed E-state index contributed by atoms with van der Waals surface area (Å²) in [5.41, 5.74) is 9.05. The van der Waals surface area contributed by atoms with Gasteiger partial charge in [0.2, 0.25) is 5.91 Å². The van der Waals surface area contributed by atoms with E-state index in [9.17, 15) is 9.90 Å². The summed E-state index contributed by atoms with van der Waals surface area (Å²) in [6, 6.07) is 11.7. The second-order valence-corrected chi connectivity index (χ2v) is 8.18. The molecule has 1 aliphatic carbocycles. The fourth-order valence-electron chi connectivity index (χ4n) is 5.04. The maximum Gasteiger partial charge on any atom is 0.248 e. The summed E-state index contributed by atoms with van der Waals surface area (Å²) in [5, 5.41) is 10.9. The first-order chi connectivity index (χ1) is 14.1. The quantitative estimate of drug-likeness (QED) is 0.835. The fraction of sp³-hybridized carbons (Fsp3) is 0.435. The van der Waals surface area contributed by atoms with Crippen LogP contribution in [0.5, 0.6) is 11.5 Å². The van der Waals surface area contributed by atoms with E-state index in [2.05, 4.69) is 11.0 Å². The number of piperidine rings is 1. The molecule has 3 aliphatic rings. The van der Waals surface area contributed by atoms with E-state index in [1.54, 1.807) is 12.1 Å². The van der Waals surface area contributed by atoms with E-state index < -0.39 is 12.0 Å². The third-order valence-corrected chi connectivity index (χ3v) is 6.58. The molecular formula is C23H26N2O4. The molecule has 1 amide bonds. The van der Waals surface area contributed by atoms with Gasteiger partial charge in [0.05, 0.1) is 6.10 Å². The number of likely N-dealkylation sites (tertiary alicyclic amines) is 1. The van der Waals surface area contributed by atoms with Crippen LogP contribution in [0.1, 0.15) is 51.9 Å². The van der Waals surface area contributed by atoms with Crippen molar-refractivity contribution in [1.29, 1.82) is 0 Å². The van der Waals surface area contributed by atoms with Gasteiger partial charge in [0.15, 0.2) is 11.5 Å². The first-order valence-electron chi connectivity index (χ1n) is 10.3. The molecule has 0 saturated carbocycles. The molecule has 0 spiro atoms. The zero-order valence-electron chi connectivity index (χ0n) is 16.3. The second kappa shape index (κ2) is 7.35. The smallest absolute Gasteiger partial charge is 0.248 e. The van der Waals surface area contributed by atoms with Crippen LogP contribution in [0.3, 0.4) is 0 Å². The highest BCUT2D eigenvalue weighted by atomic mass is 16.6. The van der Waals surface area contributed by atoms with Gasteiger partial charge in [-0.05, 0) is 67.6 Å². The van der Waals surface area contributed by atoms with Crippen molar-refractivity contribution in [2.45, 2.75) is 37.3 Å². The van der Waals surface area contributed by atoms with E-state index in [0.29, 0.717) is 24.7 Å². The van der Waals surface area contributed by atoms with Gasteiger partial charge in [0.25, 0.3) is 0 Å². The number of rotatable bonds is 3. The first kappa shape index (κ1) is 18.5. The Bertz CT molecular complexity index is 936. The summed E-state index contributed by atoms with van der Waals surface area (Å²) in [4.78, 5) is 13.9. The molecule has 6 nitrogen and oxygen atoms in total. The number of amides is 1. The van der Waals surface area contributed by atoms with Crippen molar-refractivity contribution in [3.63, 3.8) is 0 Å². The lowest BCUT2D eigenvalue weighted by Crippen LogP contribution is -2.43. The van der Waals surface area contributed by atoms with Crippen LogP contribution in [0.25, 0.3) is 0 Å². The van der Waals surface area contributed by atoms with Gasteiger partial charge in [-0.25, -0.2) is 0 Å². The third kappa shape index (κ3) is 3.26. The molecule has 6 heteroatoms. The van der Waals surface area contributed by atoms with Crippen LogP contribution in [0.15, 0.2) is 36.4 Å². The van der Waals surface area contributed by atoms with Crippen LogP contribution in [0, 0.1) is 0 Å². The Morgan fingerprint density at radius 2 is 1.86 bits per heavy atom. The van der Waals surface area contributed by atoms with Crippen LogP contribution >= 0.6 is 0 Å². The van der Waals surface area contributed by atoms with E-state index in [1.807, 2.05) is 18.2 Å². The molecule has 2 aromatic rings. The summed E-state index contributed by atoms with van der Waals surface area (Å²) in [6.07, 6.45) is 2.26. The fourth-order valence-corrected chi connectivity index (χ4v) is 5.04. The van der Waals surface area contributed by atoms with E-state index in [0.717, 1.165) is 55.0 Å². The van der Waals surface area contributed by atoms with Crippen LogP contribution in [0.4, 0.5) is 0 Å². The van der Waals surface area contributed by atoms with Gasteiger partial charge in [-0.15, -0.1) is 0 Å². The van der Waals surface area contributed by atoms with E-state index >= 15 is 0 Å². The number of aliphatic hydroxyl groups is 1. The van der Waals surface area contributed by atoms with E-state index in [4.69, 9.17) is 15.2 Å². The normalized spacial score (nSPS) is 24.3. The molecule has 2 aromatic carbocycles. The summed E-state index contributed by atoms with van der Waals surface area (Å²) >= 11 is 0. The topological polar surface area (TPSA) is 85.0 Å². The predicted molar refractivity (Wildman–Crippen MR) is 108 cm³/mol. The minimum absolute atomic E-state index is 0.0540. The summed E-state index contributed by atoms with van der Waals surface area (Å²) in [7, 11) is 0. The minimum atomic E-state index is -0.581. The number of carbonyl (C=O) groups excluding carboxylic acids is 1. The van der Waals surface area contributed by atoms with Gasteiger partial charge >= 0.3 is 0 Å². The Morgan fingerprint density at radius 3 is 2.66 bits per heavy atom. The van der Waals surface area contributed by atoms with E-state index in [1.165, 1.54) is 5.56 Å². The SMILES string of the molecule is NC(=O)c1ccc2c(c1)C(O)C(N1CCC(c3cccc4c3OCCO4)CC1)C2. The molecule has 2 heterocycles. The first-order valence-corrected chi connectivity index (χ1v) is 10.3. The standard InChI is InChI=1S/C23H26N2O4/c24-23(27)16-5-4-15-13-19(21(26)18(15)12-16)25-8-6-14(7-9-25)17-2-1-3-20-22(17)29-11-10-28-20/h1-5,12,14,19,21,26H,6-11,13H2,(H2,24,27). The number of para-hydroxylation sites is 1. The van der Waals surface area contributed by atoms with Crippen LogP contribution in [-0.2, 0) is 6.42 Å². The molecule has 0 radical (unpaired) electrons. The summed E-state index contributed by atoms with van der Waals surface area (Å²) < 4.78 is 11.6. The number of aliphatic hydroxyl groups excluding tert-OH is 1. The maximum absolute atomic E-state index is 11.5. The number of fused-ring (bicyclic) bond motifs is 2. The molecule has 152 valence electrons. The van der Waals surface area contributed by atoms with E-state index in [-0.39, 0.29) is 6.04 Å². The molecule has 1 saturated heterocycles. The highest BCUT2D eigenvalue weighted by molar-refractivity contribution is 5.93. The van der Waals surface area contributed by atoms with Crippen molar-refractivity contribution in [3.05, 3.63) is 58.7 Å². The van der Waals surface area contributed by atoms with Crippen molar-refractivity contribution < 1.29 is 19.4 Å². The van der Waals surface area contributed by atoms with Gasteiger partial charge in [0, 0.05) is 17.2 Å². The molecule has 2 aliphatic heterocycles. The summed E-state index contributed by atoms with van der Waals surface area (Å²) in [5.74, 6) is 1.74. The van der Waals surface area contributed by atoms with Gasteiger partial charge in [-0.3, -0.25) is 9.69 Å². The van der Waals surface area contributed by atoms with Crippen molar-refractivity contribution in [2.75, 3.05) is 26.3 Å². The minimum Gasteiger partial charge on any atom is -0.486 e. The van der Waals surface area contributed by atoms with Crippen molar-refractivity contribution in [2.24, 2.45) is 5.73 Å². The third-order valence-electron chi connectivity index (χ3n) is 6.58. The van der Waals surface area contributed by atoms with Gasteiger partial charge in [-0.1, -0.05) is 18.2 Å². The Labute approximate surface area is 170 Å². The Morgan fingerprint density at radius 1 is 1.07 bits per heavy atom. The monoisotopic (exact) mass is 394 g/mol. The zero-order valence-corrected chi connectivity index (χ0v) is 16.3. The van der Waals surface area contributed by atoms with Gasteiger partial charge in [-0.2, -0.15) is 0 Å². The number of nitrogens with two attached hydrogens (primary N) is 1. The molecule has 2 unspecified atom stereocenters. The van der Waals surface area contributed by atoms with Crippen LogP contribution in [0.2, 0.25) is 0 Å². The number of benzene rings is 2. The zero-order chi connectivity index (χ0) is 20.0. The lowest BCUT2D eigenvalue weighted by Gasteiger charge is -2.38. The van der Waals surface area contributed by atoms with Crippen molar-refractivity contribution >= 4 is 5.91 Å². The Hall–Kier alpha value is -2.57. The molecule has 5 rings (SSSR count).